The van der Waals surface area contributed by atoms with Crippen molar-refractivity contribution in [2.75, 3.05) is 25.7 Å². The summed E-state index contributed by atoms with van der Waals surface area (Å²) in [7, 11) is 1.64. The van der Waals surface area contributed by atoms with Gasteiger partial charge in [-0.15, -0.1) is 11.6 Å². The maximum Gasteiger partial charge on any atom is 0.161 e. The Morgan fingerprint density at radius 2 is 2.12 bits per heavy atom. The predicted octanol–water partition coefficient (Wildman–Crippen LogP) is 3.57. The summed E-state index contributed by atoms with van der Waals surface area (Å²) in [6, 6.07) is 5.78. The van der Waals surface area contributed by atoms with Gasteiger partial charge in [-0.1, -0.05) is 6.07 Å². The van der Waals surface area contributed by atoms with Crippen LogP contribution in [0.15, 0.2) is 18.2 Å². The van der Waals surface area contributed by atoms with Crippen LogP contribution in [-0.2, 0) is 5.88 Å². The molecule has 0 N–H and O–H groups in total. The number of methoxy groups -OCH3 is 1. The molecule has 1 aromatic rings. The number of hydrogen-bond acceptors (Lipinski definition) is 3. The number of alkyl halides is 1. The summed E-state index contributed by atoms with van der Waals surface area (Å²) in [6.07, 6.45) is 3.14. The molecule has 0 heterocycles. The second-order valence-electron chi connectivity index (χ2n) is 3.31. The van der Waals surface area contributed by atoms with Gasteiger partial charge >= 0.3 is 0 Å². The summed E-state index contributed by atoms with van der Waals surface area (Å²) in [6.45, 7) is 0.720. The highest BCUT2D eigenvalue weighted by molar-refractivity contribution is 7.98. The van der Waals surface area contributed by atoms with E-state index in [1.54, 1.807) is 7.11 Å². The van der Waals surface area contributed by atoms with Crippen molar-refractivity contribution in [1.29, 1.82) is 0 Å². The molecular formula is C12H17ClO2S. The zero-order chi connectivity index (χ0) is 11.8. The first-order chi connectivity index (χ1) is 7.81. The van der Waals surface area contributed by atoms with Crippen LogP contribution in [0.25, 0.3) is 0 Å². The van der Waals surface area contributed by atoms with Gasteiger partial charge in [-0.3, -0.25) is 0 Å². The Bertz CT molecular complexity index is 318. The minimum atomic E-state index is 0.489. The molecule has 0 aliphatic carbocycles. The molecule has 2 nitrogen and oxygen atoms in total. The number of halogens is 1. The Morgan fingerprint density at radius 3 is 2.75 bits per heavy atom. The lowest BCUT2D eigenvalue weighted by atomic mass is 10.2. The molecule has 0 aliphatic heterocycles. The van der Waals surface area contributed by atoms with E-state index in [0.29, 0.717) is 5.88 Å². The lowest BCUT2D eigenvalue weighted by molar-refractivity contribution is 0.295. The van der Waals surface area contributed by atoms with Crippen molar-refractivity contribution < 1.29 is 9.47 Å². The Labute approximate surface area is 106 Å². The van der Waals surface area contributed by atoms with Gasteiger partial charge in [0.15, 0.2) is 11.5 Å². The van der Waals surface area contributed by atoms with E-state index < -0.39 is 0 Å². The summed E-state index contributed by atoms with van der Waals surface area (Å²) < 4.78 is 10.9. The van der Waals surface area contributed by atoms with E-state index in [4.69, 9.17) is 21.1 Å². The quantitative estimate of drug-likeness (QED) is 0.552. The van der Waals surface area contributed by atoms with Crippen LogP contribution < -0.4 is 9.47 Å². The Balaban J connectivity index is 2.57. The van der Waals surface area contributed by atoms with E-state index in [0.717, 1.165) is 35.8 Å². The van der Waals surface area contributed by atoms with Gasteiger partial charge < -0.3 is 9.47 Å². The fraction of sp³-hybridized carbons (Fsp3) is 0.500. The number of thioether (sulfide) groups is 1. The molecule has 16 heavy (non-hydrogen) atoms. The molecule has 1 aromatic carbocycles. The maximum absolute atomic E-state index is 5.75. The summed E-state index contributed by atoms with van der Waals surface area (Å²) >= 11 is 7.58. The highest BCUT2D eigenvalue weighted by atomic mass is 35.5. The SMILES string of the molecule is COc1cc(CCl)ccc1OCCCSC. The standard InChI is InChI=1S/C12H17ClO2S/c1-14-12-8-10(9-13)4-5-11(12)15-6-3-7-16-2/h4-5,8H,3,6-7,9H2,1-2H3. The molecule has 90 valence electrons. The molecule has 1 rings (SSSR count). The molecule has 0 amide bonds. The molecule has 4 heteroatoms. The Morgan fingerprint density at radius 1 is 1.31 bits per heavy atom. The van der Waals surface area contributed by atoms with Crippen LogP contribution in [0.3, 0.4) is 0 Å². The van der Waals surface area contributed by atoms with Crippen molar-refractivity contribution in [2.45, 2.75) is 12.3 Å². The van der Waals surface area contributed by atoms with Gasteiger partial charge in [-0.2, -0.15) is 11.8 Å². The van der Waals surface area contributed by atoms with Crippen LogP contribution in [0.1, 0.15) is 12.0 Å². The molecule has 0 aromatic heterocycles. The van der Waals surface area contributed by atoms with Crippen LogP contribution in [-0.4, -0.2) is 25.7 Å². The van der Waals surface area contributed by atoms with Crippen molar-refractivity contribution >= 4 is 23.4 Å². The number of hydrogen-bond donors (Lipinski definition) is 0. The second-order valence-corrected chi connectivity index (χ2v) is 4.57. The molecular weight excluding hydrogens is 244 g/mol. The molecule has 0 fully saturated rings. The normalized spacial score (nSPS) is 10.2. The first kappa shape index (κ1) is 13.5. The van der Waals surface area contributed by atoms with Crippen LogP contribution in [0.5, 0.6) is 11.5 Å². The van der Waals surface area contributed by atoms with Crippen LogP contribution in [0.4, 0.5) is 0 Å². The molecule has 0 aliphatic rings. The third-order valence-corrected chi connectivity index (χ3v) is 3.14. The molecule has 0 saturated carbocycles. The molecule has 0 unspecified atom stereocenters. The molecule has 0 radical (unpaired) electrons. The predicted molar refractivity (Wildman–Crippen MR) is 71.0 cm³/mol. The molecule has 0 saturated heterocycles. The van der Waals surface area contributed by atoms with E-state index in [-0.39, 0.29) is 0 Å². The average molecular weight is 261 g/mol. The first-order valence-electron chi connectivity index (χ1n) is 5.16. The maximum atomic E-state index is 5.75. The van der Waals surface area contributed by atoms with Gasteiger partial charge in [0.25, 0.3) is 0 Å². The minimum absolute atomic E-state index is 0.489. The zero-order valence-corrected chi connectivity index (χ0v) is 11.2. The Hall–Kier alpha value is -0.540. The van der Waals surface area contributed by atoms with Crippen molar-refractivity contribution in [1.82, 2.24) is 0 Å². The van der Waals surface area contributed by atoms with Gasteiger partial charge in [-0.05, 0) is 36.1 Å². The zero-order valence-electron chi connectivity index (χ0n) is 9.66. The van der Waals surface area contributed by atoms with E-state index in [1.807, 2.05) is 30.0 Å². The van der Waals surface area contributed by atoms with E-state index in [2.05, 4.69) is 6.26 Å². The molecule has 0 spiro atoms. The monoisotopic (exact) mass is 260 g/mol. The molecule has 0 atom stereocenters. The fourth-order valence-corrected chi connectivity index (χ4v) is 1.87. The number of benzene rings is 1. The van der Waals surface area contributed by atoms with Crippen molar-refractivity contribution in [3.8, 4) is 11.5 Å². The second kappa shape index (κ2) is 7.69. The average Bonchev–Trinajstić information content (AvgIpc) is 2.34. The van der Waals surface area contributed by atoms with Crippen LogP contribution in [0.2, 0.25) is 0 Å². The highest BCUT2D eigenvalue weighted by Crippen LogP contribution is 2.28. The minimum Gasteiger partial charge on any atom is -0.493 e. The first-order valence-corrected chi connectivity index (χ1v) is 7.09. The van der Waals surface area contributed by atoms with Crippen molar-refractivity contribution in [2.24, 2.45) is 0 Å². The number of rotatable bonds is 7. The van der Waals surface area contributed by atoms with E-state index in [9.17, 15) is 0 Å². The summed E-state index contributed by atoms with van der Waals surface area (Å²) in [5, 5.41) is 0. The van der Waals surface area contributed by atoms with Gasteiger partial charge in [-0.25, -0.2) is 0 Å². The lowest BCUT2D eigenvalue weighted by Crippen LogP contribution is -2.00. The summed E-state index contributed by atoms with van der Waals surface area (Å²) in [5.41, 5.74) is 1.04. The third-order valence-electron chi connectivity index (χ3n) is 2.13. The lowest BCUT2D eigenvalue weighted by Gasteiger charge is -2.11. The fourth-order valence-electron chi connectivity index (χ4n) is 1.30. The Kier molecular flexibility index (Phi) is 6.50. The van der Waals surface area contributed by atoms with Crippen LogP contribution >= 0.6 is 23.4 Å². The van der Waals surface area contributed by atoms with E-state index >= 15 is 0 Å². The highest BCUT2D eigenvalue weighted by Gasteiger charge is 2.04. The largest absolute Gasteiger partial charge is 0.493 e. The summed E-state index contributed by atoms with van der Waals surface area (Å²) in [5.74, 6) is 3.14. The van der Waals surface area contributed by atoms with Crippen LogP contribution in [0, 0.1) is 0 Å². The van der Waals surface area contributed by atoms with Gasteiger partial charge in [0.05, 0.1) is 13.7 Å². The molecule has 0 bridgehead atoms. The topological polar surface area (TPSA) is 18.5 Å². The van der Waals surface area contributed by atoms with Crippen molar-refractivity contribution in [3.63, 3.8) is 0 Å². The smallest absolute Gasteiger partial charge is 0.161 e. The van der Waals surface area contributed by atoms with Gasteiger partial charge in [0, 0.05) is 5.88 Å². The van der Waals surface area contributed by atoms with Gasteiger partial charge in [0.2, 0.25) is 0 Å². The number of ether oxygens (including phenoxy) is 2. The van der Waals surface area contributed by atoms with Crippen molar-refractivity contribution in [3.05, 3.63) is 23.8 Å². The van der Waals surface area contributed by atoms with Gasteiger partial charge in [0.1, 0.15) is 0 Å². The van der Waals surface area contributed by atoms with E-state index in [1.165, 1.54) is 0 Å². The summed E-state index contributed by atoms with van der Waals surface area (Å²) in [4.78, 5) is 0. The third kappa shape index (κ3) is 4.14.